The molecule has 0 atom stereocenters. The molecule has 0 saturated carbocycles. The largest absolute Gasteiger partial charge is 0.309 e. The summed E-state index contributed by atoms with van der Waals surface area (Å²) in [5, 5.41) is 0. The lowest BCUT2D eigenvalue weighted by Gasteiger charge is -2.32. The maximum absolute atomic E-state index is 2.48. The van der Waals surface area contributed by atoms with Crippen molar-refractivity contribution in [1.82, 2.24) is 0 Å². The second-order valence-corrected chi connectivity index (χ2v) is 15.3. The van der Waals surface area contributed by atoms with Gasteiger partial charge in [0.05, 0.1) is 5.69 Å². The molecule has 1 heteroatoms. The lowest BCUT2D eigenvalue weighted by molar-refractivity contribution is 1.28. The highest BCUT2D eigenvalue weighted by Crippen LogP contribution is 2.49. The molecule has 288 valence electrons. The predicted octanol–water partition coefficient (Wildman–Crippen LogP) is 16.8. The summed E-state index contributed by atoms with van der Waals surface area (Å²) in [5.41, 5.74) is 19.6. The van der Waals surface area contributed by atoms with Crippen LogP contribution in [0.3, 0.4) is 0 Å². The SMILES string of the molecule is c1ccc(-c2cccc(-c3cccc(N(c4cccc(-c5cccc(-c6ccccc6)c5)c4)c4c(-c5ccccc5)cc(-c5ccccc5)cc4-c4ccccc4)c3)c2)cc1. The molecular weight excluding hydrogens is 735 g/mol. The molecule has 0 heterocycles. The minimum atomic E-state index is 1.07. The van der Waals surface area contributed by atoms with Crippen molar-refractivity contribution in [3.05, 3.63) is 261 Å². The number of rotatable bonds is 10. The summed E-state index contributed by atoms with van der Waals surface area (Å²) in [5.74, 6) is 0. The normalized spacial score (nSPS) is 11.0. The molecule has 0 radical (unpaired) electrons. The Morgan fingerprint density at radius 1 is 0.180 bits per heavy atom. The monoisotopic (exact) mass is 777 g/mol. The van der Waals surface area contributed by atoms with Crippen LogP contribution < -0.4 is 4.90 Å². The van der Waals surface area contributed by atoms with Crippen LogP contribution in [0.15, 0.2) is 261 Å². The highest BCUT2D eigenvalue weighted by Gasteiger charge is 2.24. The van der Waals surface area contributed by atoms with Crippen LogP contribution in [0, 0.1) is 0 Å². The van der Waals surface area contributed by atoms with Gasteiger partial charge in [0.15, 0.2) is 0 Å². The molecule has 0 unspecified atom stereocenters. The predicted molar refractivity (Wildman–Crippen MR) is 259 cm³/mol. The van der Waals surface area contributed by atoms with Crippen molar-refractivity contribution >= 4 is 17.1 Å². The highest BCUT2D eigenvalue weighted by molar-refractivity contribution is 6.01. The van der Waals surface area contributed by atoms with E-state index in [2.05, 4.69) is 266 Å². The van der Waals surface area contributed by atoms with Crippen molar-refractivity contribution in [3.8, 4) is 77.9 Å². The maximum atomic E-state index is 2.48. The molecule has 0 aliphatic rings. The van der Waals surface area contributed by atoms with Gasteiger partial charge in [-0.1, -0.05) is 212 Å². The van der Waals surface area contributed by atoms with E-state index in [9.17, 15) is 0 Å². The van der Waals surface area contributed by atoms with Gasteiger partial charge in [0.1, 0.15) is 0 Å². The quantitative estimate of drug-likeness (QED) is 0.134. The van der Waals surface area contributed by atoms with Crippen molar-refractivity contribution in [2.45, 2.75) is 0 Å². The Morgan fingerprint density at radius 3 is 0.803 bits per heavy atom. The van der Waals surface area contributed by atoms with E-state index >= 15 is 0 Å². The molecule has 1 nitrogen and oxygen atoms in total. The van der Waals surface area contributed by atoms with E-state index in [1.807, 2.05) is 0 Å². The number of hydrogen-bond donors (Lipinski definition) is 0. The van der Waals surface area contributed by atoms with Gasteiger partial charge in [0.25, 0.3) is 0 Å². The van der Waals surface area contributed by atoms with Gasteiger partial charge in [-0.15, -0.1) is 0 Å². The molecule has 0 aromatic heterocycles. The van der Waals surface area contributed by atoms with Crippen LogP contribution >= 0.6 is 0 Å². The Balaban J connectivity index is 1.23. The summed E-state index contributed by atoms with van der Waals surface area (Å²) in [6, 6.07) is 94.2. The molecule has 0 aliphatic heterocycles. The molecule has 0 saturated heterocycles. The lowest BCUT2D eigenvalue weighted by Crippen LogP contribution is -2.13. The van der Waals surface area contributed by atoms with Crippen LogP contribution in [0.25, 0.3) is 77.9 Å². The smallest absolute Gasteiger partial charge is 0.0618 e. The molecule has 10 rings (SSSR count). The molecule has 61 heavy (non-hydrogen) atoms. The fraction of sp³-hybridized carbons (Fsp3) is 0. The van der Waals surface area contributed by atoms with E-state index in [4.69, 9.17) is 0 Å². The third-order valence-electron chi connectivity index (χ3n) is 11.4. The standard InChI is InChI=1S/C60H43N/c1-6-20-44(21-7-1)49-30-16-32-51(38-49)53-34-18-36-56(40-53)61(57-37-19-35-54(41-57)52-33-17-31-50(39-52)45-22-8-2-9-23-45)60-58(47-26-12-4-13-27-47)42-55(46-24-10-3-11-25-46)43-59(60)48-28-14-5-15-29-48/h1-43H. The topological polar surface area (TPSA) is 3.24 Å². The third kappa shape index (κ3) is 7.93. The summed E-state index contributed by atoms with van der Waals surface area (Å²) in [4.78, 5) is 2.48. The number of nitrogens with zero attached hydrogens (tertiary/aromatic N) is 1. The Bertz CT molecular complexity index is 2860. The first kappa shape index (κ1) is 37.3. The van der Waals surface area contributed by atoms with Gasteiger partial charge in [-0.3, -0.25) is 0 Å². The third-order valence-corrected chi connectivity index (χ3v) is 11.4. The lowest BCUT2D eigenvalue weighted by atomic mass is 9.89. The summed E-state index contributed by atoms with van der Waals surface area (Å²) < 4.78 is 0. The van der Waals surface area contributed by atoms with Gasteiger partial charge in [0.2, 0.25) is 0 Å². The van der Waals surface area contributed by atoms with Gasteiger partial charge in [0, 0.05) is 22.5 Å². The Labute approximate surface area is 359 Å². The van der Waals surface area contributed by atoms with Gasteiger partial charge in [-0.05, 0) is 115 Å². The van der Waals surface area contributed by atoms with E-state index in [1.165, 1.54) is 44.5 Å². The Kier molecular flexibility index (Phi) is 10.4. The summed E-state index contributed by atoms with van der Waals surface area (Å²) in [7, 11) is 0. The van der Waals surface area contributed by atoms with E-state index in [1.54, 1.807) is 0 Å². The van der Waals surface area contributed by atoms with Crippen molar-refractivity contribution in [2.24, 2.45) is 0 Å². The molecule has 0 fully saturated rings. The molecular formula is C60H43N. The molecule has 0 spiro atoms. The van der Waals surface area contributed by atoms with Crippen LogP contribution in [0.4, 0.5) is 17.1 Å². The zero-order chi connectivity index (χ0) is 40.8. The fourth-order valence-corrected chi connectivity index (χ4v) is 8.42. The first-order chi connectivity index (χ1) is 30.2. The minimum absolute atomic E-state index is 1.07. The van der Waals surface area contributed by atoms with Gasteiger partial charge < -0.3 is 4.90 Å². The first-order valence-corrected chi connectivity index (χ1v) is 20.9. The van der Waals surface area contributed by atoms with Crippen molar-refractivity contribution in [3.63, 3.8) is 0 Å². The molecule has 10 aromatic rings. The Morgan fingerprint density at radius 2 is 0.443 bits per heavy atom. The molecule has 0 amide bonds. The number of benzene rings is 10. The number of hydrogen-bond acceptors (Lipinski definition) is 1. The van der Waals surface area contributed by atoms with Crippen LogP contribution in [0.5, 0.6) is 0 Å². The van der Waals surface area contributed by atoms with Crippen molar-refractivity contribution in [1.29, 1.82) is 0 Å². The average molecular weight is 778 g/mol. The van der Waals surface area contributed by atoms with E-state index < -0.39 is 0 Å². The van der Waals surface area contributed by atoms with Crippen molar-refractivity contribution in [2.75, 3.05) is 4.90 Å². The average Bonchev–Trinajstić information content (AvgIpc) is 3.36. The minimum Gasteiger partial charge on any atom is -0.309 e. The zero-order valence-electron chi connectivity index (χ0n) is 33.8. The van der Waals surface area contributed by atoms with E-state index in [0.29, 0.717) is 0 Å². The molecule has 10 aromatic carbocycles. The second-order valence-electron chi connectivity index (χ2n) is 15.3. The van der Waals surface area contributed by atoms with Crippen LogP contribution in [-0.4, -0.2) is 0 Å². The van der Waals surface area contributed by atoms with Crippen molar-refractivity contribution < 1.29 is 0 Å². The van der Waals surface area contributed by atoms with E-state index in [-0.39, 0.29) is 0 Å². The molecule has 0 aliphatic carbocycles. The Hall–Kier alpha value is -8.00. The molecule has 0 bridgehead atoms. The van der Waals surface area contributed by atoms with Gasteiger partial charge >= 0.3 is 0 Å². The van der Waals surface area contributed by atoms with Gasteiger partial charge in [-0.25, -0.2) is 0 Å². The second kappa shape index (κ2) is 17.1. The van der Waals surface area contributed by atoms with Crippen LogP contribution in [0.1, 0.15) is 0 Å². The van der Waals surface area contributed by atoms with Gasteiger partial charge in [-0.2, -0.15) is 0 Å². The van der Waals surface area contributed by atoms with Crippen LogP contribution in [-0.2, 0) is 0 Å². The first-order valence-electron chi connectivity index (χ1n) is 20.9. The maximum Gasteiger partial charge on any atom is 0.0618 e. The zero-order valence-corrected chi connectivity index (χ0v) is 33.8. The highest BCUT2D eigenvalue weighted by atomic mass is 15.1. The number of anilines is 3. The molecule has 0 N–H and O–H groups in total. The van der Waals surface area contributed by atoms with E-state index in [0.717, 1.165) is 50.4 Å². The summed E-state index contributed by atoms with van der Waals surface area (Å²) >= 11 is 0. The fourth-order valence-electron chi connectivity index (χ4n) is 8.42. The summed E-state index contributed by atoms with van der Waals surface area (Å²) in [6.45, 7) is 0. The summed E-state index contributed by atoms with van der Waals surface area (Å²) in [6.07, 6.45) is 0. The van der Waals surface area contributed by atoms with Crippen LogP contribution in [0.2, 0.25) is 0 Å².